The summed E-state index contributed by atoms with van der Waals surface area (Å²) in [5, 5.41) is 9.82. The van der Waals surface area contributed by atoms with E-state index in [1.807, 2.05) is 0 Å². The number of benzene rings is 2. The van der Waals surface area contributed by atoms with Gasteiger partial charge in [-0.1, -0.05) is 41.9 Å². The largest absolute Gasteiger partial charge is 0.416 e. The average Bonchev–Trinajstić information content (AvgIpc) is 2.41. The normalized spacial score (nSPS) is 13.2. The number of halogens is 5. The van der Waals surface area contributed by atoms with E-state index in [2.05, 4.69) is 0 Å². The van der Waals surface area contributed by atoms with Crippen LogP contribution in [-0.4, -0.2) is 5.11 Å². The highest BCUT2D eigenvalue weighted by Crippen LogP contribution is 2.32. The molecule has 0 spiro atoms. The topological polar surface area (TPSA) is 20.2 Å². The number of aliphatic hydroxyl groups excluding tert-OH is 1. The highest BCUT2D eigenvalue weighted by atomic mass is 35.5. The van der Waals surface area contributed by atoms with E-state index in [9.17, 15) is 22.7 Å². The molecule has 0 aliphatic carbocycles. The van der Waals surface area contributed by atoms with Gasteiger partial charge in [0, 0.05) is 12.0 Å². The van der Waals surface area contributed by atoms with E-state index in [1.165, 1.54) is 24.3 Å². The Morgan fingerprint density at radius 1 is 1.10 bits per heavy atom. The quantitative estimate of drug-likeness (QED) is 0.808. The van der Waals surface area contributed by atoms with Crippen molar-refractivity contribution in [2.75, 3.05) is 0 Å². The van der Waals surface area contributed by atoms with Gasteiger partial charge in [-0.3, -0.25) is 0 Å². The van der Waals surface area contributed by atoms with Crippen LogP contribution in [0.5, 0.6) is 0 Å². The molecule has 1 unspecified atom stereocenters. The van der Waals surface area contributed by atoms with Gasteiger partial charge in [-0.25, -0.2) is 4.39 Å². The van der Waals surface area contributed by atoms with Gasteiger partial charge in [0.1, 0.15) is 5.82 Å². The number of alkyl halides is 3. The van der Waals surface area contributed by atoms with Crippen LogP contribution in [0.15, 0.2) is 42.5 Å². The summed E-state index contributed by atoms with van der Waals surface area (Å²) in [4.78, 5) is 0. The van der Waals surface area contributed by atoms with Crippen LogP contribution in [-0.2, 0) is 12.6 Å². The number of hydrogen-bond acceptors (Lipinski definition) is 1. The van der Waals surface area contributed by atoms with Crippen molar-refractivity contribution in [3.8, 4) is 0 Å². The third kappa shape index (κ3) is 3.74. The number of hydrogen-bond donors (Lipinski definition) is 1. The van der Waals surface area contributed by atoms with E-state index >= 15 is 0 Å². The smallest absolute Gasteiger partial charge is 0.388 e. The molecule has 1 N–H and O–H groups in total. The zero-order valence-corrected chi connectivity index (χ0v) is 11.4. The van der Waals surface area contributed by atoms with Gasteiger partial charge in [0.2, 0.25) is 0 Å². The first kappa shape index (κ1) is 15.8. The fourth-order valence-electron chi connectivity index (χ4n) is 1.99. The predicted octanol–water partition coefficient (Wildman–Crippen LogP) is 4.77. The molecule has 0 saturated heterocycles. The molecular formula is C15H11ClF4O. The summed E-state index contributed by atoms with van der Waals surface area (Å²) in [6.07, 6.45) is -5.72. The fourth-order valence-corrected chi connectivity index (χ4v) is 2.24. The van der Waals surface area contributed by atoms with Crippen molar-refractivity contribution in [2.24, 2.45) is 0 Å². The summed E-state index contributed by atoms with van der Waals surface area (Å²) in [6, 6.07) is 8.59. The van der Waals surface area contributed by atoms with E-state index in [-0.39, 0.29) is 22.6 Å². The second-order valence-electron chi connectivity index (χ2n) is 4.56. The Kier molecular flexibility index (Phi) is 4.54. The molecule has 2 rings (SSSR count). The molecule has 0 amide bonds. The molecule has 6 heteroatoms. The van der Waals surface area contributed by atoms with Crippen molar-refractivity contribution >= 4 is 11.6 Å². The Morgan fingerprint density at radius 3 is 2.43 bits per heavy atom. The minimum Gasteiger partial charge on any atom is -0.388 e. The lowest BCUT2D eigenvalue weighted by molar-refractivity contribution is -0.137. The van der Waals surface area contributed by atoms with Crippen molar-refractivity contribution < 1.29 is 22.7 Å². The first-order valence-electron chi connectivity index (χ1n) is 6.07. The number of rotatable bonds is 3. The molecule has 112 valence electrons. The summed E-state index contributed by atoms with van der Waals surface area (Å²) in [5.74, 6) is -0.683. The van der Waals surface area contributed by atoms with E-state index in [0.717, 1.165) is 18.2 Å². The molecule has 2 aromatic carbocycles. The maximum absolute atomic E-state index is 13.3. The predicted molar refractivity (Wildman–Crippen MR) is 71.5 cm³/mol. The minimum absolute atomic E-state index is 0.0902. The maximum atomic E-state index is 13.3. The lowest BCUT2D eigenvalue weighted by Crippen LogP contribution is -2.07. The molecule has 0 aromatic heterocycles. The summed E-state index contributed by atoms with van der Waals surface area (Å²) in [7, 11) is 0. The van der Waals surface area contributed by atoms with Gasteiger partial charge >= 0.3 is 6.18 Å². The lowest BCUT2D eigenvalue weighted by atomic mass is 9.99. The molecule has 2 aromatic rings. The van der Waals surface area contributed by atoms with Crippen molar-refractivity contribution in [3.05, 3.63) is 70.0 Å². The van der Waals surface area contributed by atoms with Crippen LogP contribution >= 0.6 is 11.6 Å². The lowest BCUT2D eigenvalue weighted by Gasteiger charge is -2.14. The van der Waals surface area contributed by atoms with Gasteiger partial charge in [-0.15, -0.1) is 0 Å². The van der Waals surface area contributed by atoms with Gasteiger partial charge in [0.25, 0.3) is 0 Å². The maximum Gasteiger partial charge on any atom is 0.416 e. The molecule has 0 aliphatic heterocycles. The van der Waals surface area contributed by atoms with Crippen molar-refractivity contribution in [1.82, 2.24) is 0 Å². The molecule has 1 nitrogen and oxygen atoms in total. The summed E-state index contributed by atoms with van der Waals surface area (Å²) < 4.78 is 51.1. The monoisotopic (exact) mass is 318 g/mol. The Bertz CT molecular complexity index is 640. The Balaban J connectivity index is 2.24. The van der Waals surface area contributed by atoms with E-state index in [0.29, 0.717) is 0 Å². The van der Waals surface area contributed by atoms with Crippen LogP contribution < -0.4 is 0 Å². The fraction of sp³-hybridized carbons (Fsp3) is 0.200. The third-order valence-electron chi connectivity index (χ3n) is 3.02. The zero-order valence-electron chi connectivity index (χ0n) is 10.7. The highest BCUT2D eigenvalue weighted by Gasteiger charge is 2.30. The van der Waals surface area contributed by atoms with Crippen molar-refractivity contribution in [2.45, 2.75) is 18.7 Å². The molecule has 0 radical (unpaired) electrons. The SMILES string of the molecule is OC(Cc1cccc(C(F)(F)F)c1)c1cccc(F)c1Cl. The first-order chi connectivity index (χ1) is 9.79. The molecule has 0 aliphatic rings. The van der Waals surface area contributed by atoms with E-state index in [1.54, 1.807) is 0 Å². The van der Waals surface area contributed by atoms with Crippen molar-refractivity contribution in [3.63, 3.8) is 0 Å². The highest BCUT2D eigenvalue weighted by molar-refractivity contribution is 6.31. The summed E-state index contributed by atoms with van der Waals surface area (Å²) in [6.45, 7) is 0. The van der Waals surface area contributed by atoms with E-state index in [4.69, 9.17) is 11.6 Å². The van der Waals surface area contributed by atoms with Crippen LogP contribution in [0.4, 0.5) is 17.6 Å². The third-order valence-corrected chi connectivity index (χ3v) is 3.42. The molecule has 1 atom stereocenters. The van der Waals surface area contributed by atoms with Gasteiger partial charge in [-0.2, -0.15) is 13.2 Å². The van der Waals surface area contributed by atoms with E-state index < -0.39 is 23.7 Å². The summed E-state index contributed by atoms with van der Waals surface area (Å²) in [5.41, 5.74) is -0.357. The molecule has 0 heterocycles. The molecule has 0 bridgehead atoms. The summed E-state index contributed by atoms with van der Waals surface area (Å²) >= 11 is 5.74. The Labute approximate surface area is 123 Å². The zero-order chi connectivity index (χ0) is 15.6. The molecule has 0 saturated carbocycles. The minimum atomic E-state index is -4.45. The van der Waals surface area contributed by atoms with Crippen molar-refractivity contribution in [1.29, 1.82) is 0 Å². The Morgan fingerprint density at radius 2 is 1.76 bits per heavy atom. The van der Waals surface area contributed by atoms with Gasteiger partial charge in [0.05, 0.1) is 16.7 Å². The van der Waals surface area contributed by atoms with Gasteiger partial charge in [-0.05, 0) is 17.7 Å². The van der Waals surface area contributed by atoms with Gasteiger partial charge in [0.15, 0.2) is 0 Å². The molecule has 21 heavy (non-hydrogen) atoms. The number of aliphatic hydroxyl groups is 1. The van der Waals surface area contributed by atoms with Crippen LogP contribution in [0.25, 0.3) is 0 Å². The van der Waals surface area contributed by atoms with Crippen LogP contribution in [0.3, 0.4) is 0 Å². The first-order valence-corrected chi connectivity index (χ1v) is 6.45. The van der Waals surface area contributed by atoms with Crippen LogP contribution in [0.2, 0.25) is 5.02 Å². The average molecular weight is 319 g/mol. The molecule has 0 fully saturated rings. The Hall–Kier alpha value is -1.59. The molecular weight excluding hydrogens is 308 g/mol. The van der Waals surface area contributed by atoms with Gasteiger partial charge < -0.3 is 5.11 Å². The van der Waals surface area contributed by atoms with Crippen LogP contribution in [0.1, 0.15) is 22.8 Å². The van der Waals surface area contributed by atoms with Crippen LogP contribution in [0, 0.1) is 5.82 Å². The second-order valence-corrected chi connectivity index (χ2v) is 4.94. The standard InChI is InChI=1S/C15H11ClF4O/c16-14-11(5-2-6-12(14)17)13(21)8-9-3-1-4-10(7-9)15(18,19)20/h1-7,13,21H,8H2. The second kappa shape index (κ2) is 6.03.